The lowest BCUT2D eigenvalue weighted by atomic mass is 9.83. The van der Waals surface area contributed by atoms with E-state index in [4.69, 9.17) is 4.74 Å². The van der Waals surface area contributed by atoms with Gasteiger partial charge < -0.3 is 9.47 Å². The third-order valence-corrected chi connectivity index (χ3v) is 4.55. The standard InChI is InChI=1S/C22H19F5O2/c1-2-13-28-21(16-7-8-20(19(24)14-16)29-22(25,26)27)11-9-15(10-12-21)17-5-3-4-6-18(17)23/h3-11,14H,2,12-13H2,1H3. The highest BCUT2D eigenvalue weighted by Crippen LogP contribution is 2.40. The summed E-state index contributed by atoms with van der Waals surface area (Å²) in [7, 11) is 0. The van der Waals surface area contributed by atoms with Crippen LogP contribution in [0, 0.1) is 11.6 Å². The summed E-state index contributed by atoms with van der Waals surface area (Å²) in [6.07, 6.45) is 1.11. The Hall–Kier alpha value is -2.67. The van der Waals surface area contributed by atoms with Crippen molar-refractivity contribution in [2.75, 3.05) is 6.61 Å². The highest BCUT2D eigenvalue weighted by Gasteiger charge is 2.35. The Labute approximate surface area is 165 Å². The second kappa shape index (κ2) is 8.37. The van der Waals surface area contributed by atoms with E-state index in [-0.39, 0.29) is 12.2 Å². The fraction of sp³-hybridized carbons (Fsp3) is 0.273. The summed E-state index contributed by atoms with van der Waals surface area (Å²) < 4.78 is 75.1. The number of benzene rings is 2. The van der Waals surface area contributed by atoms with E-state index in [2.05, 4.69) is 4.74 Å². The van der Waals surface area contributed by atoms with Gasteiger partial charge >= 0.3 is 6.36 Å². The highest BCUT2D eigenvalue weighted by molar-refractivity contribution is 5.76. The fourth-order valence-corrected chi connectivity index (χ4v) is 3.18. The maximum Gasteiger partial charge on any atom is 0.573 e. The van der Waals surface area contributed by atoms with Crippen molar-refractivity contribution >= 4 is 5.57 Å². The highest BCUT2D eigenvalue weighted by atomic mass is 19.4. The molecule has 0 amide bonds. The van der Waals surface area contributed by atoms with Crippen molar-refractivity contribution in [3.05, 3.63) is 83.5 Å². The molecular weight excluding hydrogens is 391 g/mol. The van der Waals surface area contributed by atoms with Crippen LogP contribution in [0.4, 0.5) is 22.0 Å². The second-order valence-corrected chi connectivity index (χ2v) is 6.61. The zero-order valence-electron chi connectivity index (χ0n) is 15.6. The quantitative estimate of drug-likeness (QED) is 0.504. The number of halogens is 5. The van der Waals surface area contributed by atoms with E-state index in [9.17, 15) is 22.0 Å². The van der Waals surface area contributed by atoms with Gasteiger partial charge in [0, 0.05) is 18.6 Å². The van der Waals surface area contributed by atoms with Crippen LogP contribution in [0.1, 0.15) is 30.9 Å². The number of alkyl halides is 3. The molecule has 0 aromatic heterocycles. The first-order valence-corrected chi connectivity index (χ1v) is 9.08. The summed E-state index contributed by atoms with van der Waals surface area (Å²) >= 11 is 0. The molecule has 0 spiro atoms. The lowest BCUT2D eigenvalue weighted by molar-refractivity contribution is -0.275. The molecule has 2 aromatic carbocycles. The van der Waals surface area contributed by atoms with Gasteiger partial charge in [0.2, 0.25) is 0 Å². The first-order chi connectivity index (χ1) is 13.7. The lowest BCUT2D eigenvalue weighted by Crippen LogP contribution is -2.29. The SMILES string of the molecule is CCCOC1(c2ccc(OC(F)(F)F)c(F)c2)C=CC(c2ccccc2F)=CC1. The van der Waals surface area contributed by atoms with Gasteiger partial charge in [-0.3, -0.25) is 0 Å². The third-order valence-electron chi connectivity index (χ3n) is 4.55. The molecule has 154 valence electrons. The van der Waals surface area contributed by atoms with Crippen LogP contribution >= 0.6 is 0 Å². The predicted octanol–water partition coefficient (Wildman–Crippen LogP) is 6.53. The molecule has 0 N–H and O–H groups in total. The van der Waals surface area contributed by atoms with Crippen molar-refractivity contribution < 1.29 is 31.4 Å². The van der Waals surface area contributed by atoms with Gasteiger partial charge in [0.15, 0.2) is 11.6 Å². The van der Waals surface area contributed by atoms with E-state index in [1.807, 2.05) is 6.92 Å². The van der Waals surface area contributed by atoms with Crippen LogP contribution in [0.5, 0.6) is 5.75 Å². The van der Waals surface area contributed by atoms with Crippen molar-refractivity contribution in [1.29, 1.82) is 0 Å². The number of allylic oxidation sites excluding steroid dienone is 2. The van der Waals surface area contributed by atoms with Gasteiger partial charge in [-0.05, 0) is 41.8 Å². The molecule has 0 radical (unpaired) electrons. The van der Waals surface area contributed by atoms with Gasteiger partial charge in [-0.2, -0.15) is 0 Å². The minimum Gasteiger partial charge on any atom is -0.403 e. The molecule has 1 unspecified atom stereocenters. The Morgan fingerprint density at radius 3 is 2.38 bits per heavy atom. The zero-order valence-corrected chi connectivity index (χ0v) is 15.6. The fourth-order valence-electron chi connectivity index (χ4n) is 3.18. The molecular formula is C22H19F5O2. The van der Waals surface area contributed by atoms with E-state index in [0.717, 1.165) is 12.1 Å². The Kier molecular flexibility index (Phi) is 6.07. The Balaban J connectivity index is 1.92. The van der Waals surface area contributed by atoms with Gasteiger partial charge in [-0.1, -0.05) is 43.3 Å². The molecule has 3 rings (SSSR count). The summed E-state index contributed by atoms with van der Waals surface area (Å²) in [5.41, 5.74) is 0.352. The molecule has 7 heteroatoms. The van der Waals surface area contributed by atoms with Gasteiger partial charge in [-0.25, -0.2) is 8.78 Å². The number of rotatable bonds is 6. The molecule has 0 aliphatic heterocycles. The number of hydrogen-bond donors (Lipinski definition) is 0. The number of hydrogen-bond acceptors (Lipinski definition) is 2. The average molecular weight is 410 g/mol. The summed E-state index contributed by atoms with van der Waals surface area (Å²) in [4.78, 5) is 0. The summed E-state index contributed by atoms with van der Waals surface area (Å²) in [5, 5.41) is 0. The third kappa shape index (κ3) is 4.85. The maximum absolute atomic E-state index is 14.3. The first-order valence-electron chi connectivity index (χ1n) is 9.08. The van der Waals surface area contributed by atoms with Crippen molar-refractivity contribution in [2.24, 2.45) is 0 Å². The molecule has 1 aliphatic rings. The van der Waals surface area contributed by atoms with Gasteiger partial charge in [-0.15, -0.1) is 13.2 Å². The van der Waals surface area contributed by atoms with Crippen molar-refractivity contribution in [2.45, 2.75) is 31.7 Å². The Bertz CT molecular complexity index is 933. The first kappa shape index (κ1) is 21.0. The van der Waals surface area contributed by atoms with E-state index in [1.54, 1.807) is 36.4 Å². The van der Waals surface area contributed by atoms with E-state index in [0.29, 0.717) is 29.7 Å². The van der Waals surface area contributed by atoms with Crippen LogP contribution in [0.15, 0.2) is 60.7 Å². The molecule has 0 heterocycles. The Morgan fingerprint density at radius 1 is 1.03 bits per heavy atom. The molecule has 2 nitrogen and oxygen atoms in total. The predicted molar refractivity (Wildman–Crippen MR) is 99.1 cm³/mol. The molecule has 2 aromatic rings. The summed E-state index contributed by atoms with van der Waals surface area (Å²) in [6, 6.07) is 9.56. The van der Waals surface area contributed by atoms with Crippen LogP contribution in [0.2, 0.25) is 0 Å². The normalized spacial score (nSPS) is 19.2. The summed E-state index contributed by atoms with van der Waals surface area (Å²) in [6.45, 7) is 2.26. The summed E-state index contributed by atoms with van der Waals surface area (Å²) in [5.74, 6) is -2.42. The largest absolute Gasteiger partial charge is 0.573 e. The van der Waals surface area contributed by atoms with Crippen LogP contribution in [0.25, 0.3) is 5.57 Å². The monoisotopic (exact) mass is 410 g/mol. The molecule has 0 saturated carbocycles. The minimum absolute atomic E-state index is 0.270. The van der Waals surface area contributed by atoms with E-state index < -0.39 is 23.5 Å². The average Bonchev–Trinajstić information content (AvgIpc) is 2.68. The van der Waals surface area contributed by atoms with Crippen LogP contribution < -0.4 is 4.74 Å². The van der Waals surface area contributed by atoms with Crippen molar-refractivity contribution in [1.82, 2.24) is 0 Å². The lowest BCUT2D eigenvalue weighted by Gasteiger charge is -2.33. The minimum atomic E-state index is -4.99. The van der Waals surface area contributed by atoms with Gasteiger partial charge in [0.25, 0.3) is 0 Å². The molecule has 0 fully saturated rings. The Morgan fingerprint density at radius 2 is 1.79 bits per heavy atom. The second-order valence-electron chi connectivity index (χ2n) is 6.61. The van der Waals surface area contributed by atoms with Crippen LogP contribution in [0.3, 0.4) is 0 Å². The van der Waals surface area contributed by atoms with Crippen LogP contribution in [-0.2, 0) is 10.3 Å². The smallest absolute Gasteiger partial charge is 0.403 e. The van der Waals surface area contributed by atoms with Crippen molar-refractivity contribution in [3.8, 4) is 5.75 Å². The van der Waals surface area contributed by atoms with Crippen molar-refractivity contribution in [3.63, 3.8) is 0 Å². The maximum atomic E-state index is 14.3. The topological polar surface area (TPSA) is 18.5 Å². The van der Waals surface area contributed by atoms with Gasteiger partial charge in [0.1, 0.15) is 11.4 Å². The number of ether oxygens (including phenoxy) is 2. The molecule has 1 aliphatic carbocycles. The van der Waals surface area contributed by atoms with E-state index in [1.165, 1.54) is 12.1 Å². The molecule has 1 atom stereocenters. The zero-order chi connectivity index (χ0) is 21.1. The molecule has 0 bridgehead atoms. The van der Waals surface area contributed by atoms with Crippen LogP contribution in [-0.4, -0.2) is 13.0 Å². The van der Waals surface area contributed by atoms with Gasteiger partial charge in [0.05, 0.1) is 0 Å². The van der Waals surface area contributed by atoms with E-state index >= 15 is 0 Å². The molecule has 29 heavy (non-hydrogen) atoms. The molecule has 0 saturated heterocycles.